The molecule has 1 aromatic carbocycles. The Kier molecular flexibility index (Phi) is 11.1. The highest BCUT2D eigenvalue weighted by Gasteiger charge is 2.27. The fourth-order valence-electron chi connectivity index (χ4n) is 4.04. The van der Waals surface area contributed by atoms with Crippen molar-refractivity contribution in [3.63, 3.8) is 0 Å². The number of nitrogens with zero attached hydrogens (tertiary/aromatic N) is 2. The molecule has 0 atom stereocenters. The van der Waals surface area contributed by atoms with Crippen molar-refractivity contribution in [3.8, 4) is 5.88 Å². The molecule has 2 heterocycles. The highest BCUT2D eigenvalue weighted by atomic mass is 79.9. The van der Waals surface area contributed by atoms with E-state index in [4.69, 9.17) is 4.74 Å². The van der Waals surface area contributed by atoms with Crippen LogP contribution < -0.4 is 15.4 Å². The zero-order chi connectivity index (χ0) is 24.3. The highest BCUT2D eigenvalue weighted by Crippen LogP contribution is 2.30. The third-order valence-corrected chi connectivity index (χ3v) is 7.69. The maximum atomic E-state index is 12.2. The lowest BCUT2D eigenvalue weighted by Crippen LogP contribution is -2.39. The lowest BCUT2D eigenvalue weighted by molar-refractivity contribution is 0.0944. The van der Waals surface area contributed by atoms with Gasteiger partial charge in [0.05, 0.1) is 0 Å². The lowest BCUT2D eigenvalue weighted by atomic mass is 10.1. The molecule has 0 spiro atoms. The summed E-state index contributed by atoms with van der Waals surface area (Å²) in [5, 5.41) is 7.85. The predicted molar refractivity (Wildman–Crippen MR) is 146 cm³/mol. The third-order valence-electron chi connectivity index (χ3n) is 5.84. The minimum atomic E-state index is -0.224. The van der Waals surface area contributed by atoms with Crippen LogP contribution in [-0.4, -0.2) is 52.3 Å². The largest absolute Gasteiger partial charge is 0.474 e. The zero-order valence-electron chi connectivity index (χ0n) is 20.2. The van der Waals surface area contributed by atoms with Gasteiger partial charge in [-0.05, 0) is 74.3 Å². The monoisotopic (exact) mass is 594 g/mol. The van der Waals surface area contributed by atoms with E-state index < -0.39 is 0 Å². The summed E-state index contributed by atoms with van der Waals surface area (Å²) in [5.74, 6) is 1.62. The fourth-order valence-corrected chi connectivity index (χ4v) is 4.04. The van der Waals surface area contributed by atoms with Crippen LogP contribution in [0.15, 0.2) is 36.5 Å². The predicted octanol–water partition coefficient (Wildman–Crippen LogP) is 6.05. The van der Waals surface area contributed by atoms with Crippen LogP contribution in [0.2, 0.25) is 0 Å². The Morgan fingerprint density at radius 3 is 2.29 bits per heavy atom. The second-order valence-corrected chi connectivity index (χ2v) is 10.7. The Hall–Kier alpha value is -1.64. The van der Waals surface area contributed by atoms with E-state index in [1.54, 1.807) is 6.20 Å². The number of carbonyl (C=O) groups excluding carboxylic acids is 1. The van der Waals surface area contributed by atoms with Crippen molar-refractivity contribution in [2.75, 3.05) is 35.6 Å². The number of amides is 2. The summed E-state index contributed by atoms with van der Waals surface area (Å²) in [6, 6.07) is 9.62. The minimum Gasteiger partial charge on any atom is -0.474 e. The lowest BCUT2D eigenvalue weighted by Gasteiger charge is -2.31. The van der Waals surface area contributed by atoms with E-state index in [0.29, 0.717) is 12.4 Å². The summed E-state index contributed by atoms with van der Waals surface area (Å²) >= 11 is 6.40. The first-order valence-corrected chi connectivity index (χ1v) is 14.3. The molecular weight excluding hydrogens is 560 g/mol. The number of likely N-dealkylation sites (tertiary alicyclic amines) is 1. The Bertz CT molecular complexity index is 876. The Morgan fingerprint density at radius 2 is 1.74 bits per heavy atom. The number of ether oxygens (including phenoxy) is 1. The number of aryl methyl sites for hydroxylation is 2. The standard InChI is InChI=1S/C24H32N4O2.C2H4Br2/c1-17-11-18(2)13-21(12-17)27-24(29)26-15-20-5-6-23(25-14-20)30-22-7-9-28(10-8-22)16-19-3-4-19;3-1-2-4/h5-6,11-14,19,22H,3-4,7-10,15-16H2,1-2H3,(H2,26,27,29);1-2H2. The average molecular weight is 596 g/mol. The van der Waals surface area contributed by atoms with Gasteiger partial charge in [-0.1, -0.05) is 44.0 Å². The van der Waals surface area contributed by atoms with Crippen LogP contribution in [0.1, 0.15) is 42.4 Å². The van der Waals surface area contributed by atoms with Crippen molar-refractivity contribution >= 4 is 43.6 Å². The molecule has 8 heteroatoms. The van der Waals surface area contributed by atoms with Crippen LogP contribution in [0.4, 0.5) is 10.5 Å². The summed E-state index contributed by atoms with van der Waals surface area (Å²) < 4.78 is 6.07. The van der Waals surface area contributed by atoms with Crippen molar-refractivity contribution in [1.82, 2.24) is 15.2 Å². The van der Waals surface area contributed by atoms with Crippen molar-refractivity contribution in [3.05, 3.63) is 53.2 Å². The zero-order valence-corrected chi connectivity index (χ0v) is 23.3. The summed E-state index contributed by atoms with van der Waals surface area (Å²) in [4.78, 5) is 19.2. The van der Waals surface area contributed by atoms with Crippen LogP contribution >= 0.6 is 31.9 Å². The molecule has 34 heavy (non-hydrogen) atoms. The number of benzene rings is 1. The number of piperidine rings is 1. The number of anilines is 1. The highest BCUT2D eigenvalue weighted by molar-refractivity contribution is 9.11. The smallest absolute Gasteiger partial charge is 0.319 e. The van der Waals surface area contributed by atoms with Gasteiger partial charge in [-0.3, -0.25) is 0 Å². The fraction of sp³-hybridized carbons (Fsp3) is 0.538. The summed E-state index contributed by atoms with van der Waals surface area (Å²) in [6.07, 6.45) is 6.98. The number of alkyl halides is 2. The second kappa shape index (κ2) is 14.0. The van der Waals surface area contributed by atoms with Gasteiger partial charge < -0.3 is 20.3 Å². The van der Waals surface area contributed by atoms with Gasteiger partial charge in [0.1, 0.15) is 6.10 Å². The van der Waals surface area contributed by atoms with Crippen LogP contribution in [0.3, 0.4) is 0 Å². The van der Waals surface area contributed by atoms with E-state index in [9.17, 15) is 4.79 Å². The molecule has 1 aliphatic heterocycles. The molecule has 6 nitrogen and oxygen atoms in total. The average Bonchev–Trinajstić information content (AvgIpc) is 3.63. The van der Waals surface area contributed by atoms with Gasteiger partial charge in [0, 0.05) is 54.8 Å². The number of aromatic nitrogens is 1. The molecule has 2 aliphatic rings. The normalized spacial score (nSPS) is 16.4. The number of urea groups is 1. The van der Waals surface area contributed by atoms with Gasteiger partial charge >= 0.3 is 6.03 Å². The molecule has 0 bridgehead atoms. The number of hydrogen-bond donors (Lipinski definition) is 2. The summed E-state index contributed by atoms with van der Waals surface area (Å²) in [6.45, 7) is 7.97. The summed E-state index contributed by atoms with van der Waals surface area (Å²) in [7, 11) is 0. The molecular formula is C26H36Br2N4O2. The molecule has 0 unspecified atom stereocenters. The Balaban J connectivity index is 0.000000751. The van der Waals surface area contributed by atoms with E-state index in [0.717, 1.165) is 64.9 Å². The number of halogens is 2. The van der Waals surface area contributed by atoms with E-state index >= 15 is 0 Å². The molecule has 1 saturated heterocycles. The van der Waals surface area contributed by atoms with Crippen molar-refractivity contribution < 1.29 is 9.53 Å². The van der Waals surface area contributed by atoms with Gasteiger partial charge in [0.25, 0.3) is 0 Å². The van der Waals surface area contributed by atoms with Crippen molar-refractivity contribution in [2.45, 2.75) is 52.2 Å². The van der Waals surface area contributed by atoms with Crippen LogP contribution in [0, 0.1) is 19.8 Å². The van der Waals surface area contributed by atoms with Crippen molar-refractivity contribution in [2.24, 2.45) is 5.92 Å². The molecule has 1 aromatic heterocycles. The van der Waals surface area contributed by atoms with E-state index in [1.165, 1.54) is 19.4 Å². The number of nitrogens with one attached hydrogen (secondary N) is 2. The van der Waals surface area contributed by atoms with Gasteiger partial charge in [0.2, 0.25) is 5.88 Å². The van der Waals surface area contributed by atoms with Gasteiger partial charge in [-0.25, -0.2) is 9.78 Å². The molecule has 0 radical (unpaired) electrons. The van der Waals surface area contributed by atoms with E-state index in [-0.39, 0.29) is 12.1 Å². The minimum absolute atomic E-state index is 0.224. The molecule has 2 N–H and O–H groups in total. The number of rotatable bonds is 8. The SMILES string of the molecule is BrCCBr.Cc1cc(C)cc(NC(=O)NCc2ccc(OC3CCN(CC4CC4)CC3)nc2)c1. The van der Waals surface area contributed by atoms with Gasteiger partial charge in [0.15, 0.2) is 0 Å². The second-order valence-electron chi connectivity index (χ2n) is 9.13. The van der Waals surface area contributed by atoms with Crippen LogP contribution in [-0.2, 0) is 6.54 Å². The number of hydrogen-bond acceptors (Lipinski definition) is 4. The molecule has 1 aliphatic carbocycles. The molecule has 4 rings (SSSR count). The molecule has 2 fully saturated rings. The quantitative estimate of drug-likeness (QED) is 0.365. The topological polar surface area (TPSA) is 66.5 Å². The van der Waals surface area contributed by atoms with E-state index in [2.05, 4.69) is 58.4 Å². The molecule has 186 valence electrons. The first-order chi connectivity index (χ1) is 16.4. The summed E-state index contributed by atoms with van der Waals surface area (Å²) in [5.41, 5.74) is 3.99. The first kappa shape index (κ1) is 27.0. The van der Waals surface area contributed by atoms with E-state index in [1.807, 2.05) is 38.1 Å². The Labute approximate surface area is 220 Å². The number of carbonyl (C=O) groups is 1. The van der Waals surface area contributed by atoms with Gasteiger partial charge in [-0.15, -0.1) is 0 Å². The first-order valence-electron chi connectivity index (χ1n) is 12.0. The molecule has 1 saturated carbocycles. The third kappa shape index (κ3) is 9.92. The van der Waals surface area contributed by atoms with Crippen LogP contribution in [0.5, 0.6) is 5.88 Å². The Morgan fingerprint density at radius 1 is 1.06 bits per heavy atom. The van der Waals surface area contributed by atoms with Crippen molar-refractivity contribution in [1.29, 1.82) is 0 Å². The molecule has 2 aromatic rings. The molecule has 2 amide bonds. The maximum absolute atomic E-state index is 12.2. The number of pyridine rings is 1. The van der Waals surface area contributed by atoms with Gasteiger partial charge in [-0.2, -0.15) is 0 Å². The maximum Gasteiger partial charge on any atom is 0.319 e. The van der Waals surface area contributed by atoms with Crippen LogP contribution in [0.25, 0.3) is 0 Å².